The molecule has 0 aliphatic rings. The molecule has 6 heteroatoms. The van der Waals surface area contributed by atoms with Crippen LogP contribution in [0.5, 0.6) is 5.75 Å². The molecule has 0 aromatic heterocycles. The van der Waals surface area contributed by atoms with E-state index in [1.807, 2.05) is 12.1 Å². The first kappa shape index (κ1) is 31.6. The third-order valence-corrected chi connectivity index (χ3v) is 13.9. The number of hydrogen-bond donors (Lipinski definition) is 0. The molecule has 0 fully saturated rings. The van der Waals surface area contributed by atoms with Gasteiger partial charge in [-0.2, -0.15) is 11.8 Å². The van der Waals surface area contributed by atoms with Crippen molar-refractivity contribution in [3.8, 4) is 5.75 Å². The van der Waals surface area contributed by atoms with E-state index in [1.165, 1.54) is 28.6 Å². The highest BCUT2D eigenvalue weighted by atomic mass is 32.2. The number of thioether (sulfide) groups is 1. The second kappa shape index (κ2) is 14.7. The quantitative estimate of drug-likeness (QED) is 0.119. The molecular weight excluding hydrogens is 557 g/mol. The van der Waals surface area contributed by atoms with Crippen LogP contribution in [0.3, 0.4) is 0 Å². The molecule has 0 aliphatic carbocycles. The molecule has 0 aliphatic heterocycles. The molecule has 42 heavy (non-hydrogen) atoms. The van der Waals surface area contributed by atoms with Gasteiger partial charge < -0.3 is 13.9 Å². The molecule has 1 atom stereocenters. The van der Waals surface area contributed by atoms with Crippen molar-refractivity contribution in [3.05, 3.63) is 126 Å². The van der Waals surface area contributed by atoms with E-state index in [9.17, 15) is 4.79 Å². The van der Waals surface area contributed by atoms with Crippen molar-refractivity contribution in [2.75, 3.05) is 20.0 Å². The van der Waals surface area contributed by atoms with E-state index in [1.54, 1.807) is 18.9 Å². The van der Waals surface area contributed by atoms with Crippen LogP contribution in [-0.4, -0.2) is 34.3 Å². The number of hydrogen-bond acceptors (Lipinski definition) is 5. The SMILES string of the molecule is COC(=O)CCSC(Cc1cccc(CO[Si](c2ccccc2)(c2ccccc2)C(C)(C)C)c1)c1cccc(OC)c1. The summed E-state index contributed by atoms with van der Waals surface area (Å²) in [6.07, 6.45) is 1.21. The Kier molecular flexibility index (Phi) is 11.1. The minimum absolute atomic E-state index is 0.0823. The van der Waals surface area contributed by atoms with Crippen LogP contribution in [0.15, 0.2) is 109 Å². The Bertz CT molecular complexity index is 1380. The third kappa shape index (κ3) is 7.74. The zero-order valence-electron chi connectivity index (χ0n) is 25.3. The van der Waals surface area contributed by atoms with Crippen LogP contribution in [-0.2, 0) is 27.0 Å². The molecule has 0 bridgehead atoms. The van der Waals surface area contributed by atoms with Crippen molar-refractivity contribution in [3.63, 3.8) is 0 Å². The Hall–Kier alpha value is -3.32. The summed E-state index contributed by atoms with van der Waals surface area (Å²) < 4.78 is 17.6. The lowest BCUT2D eigenvalue weighted by Gasteiger charge is -2.43. The van der Waals surface area contributed by atoms with E-state index in [2.05, 4.69) is 118 Å². The van der Waals surface area contributed by atoms with Crippen molar-refractivity contribution in [1.29, 1.82) is 0 Å². The van der Waals surface area contributed by atoms with E-state index in [-0.39, 0.29) is 16.3 Å². The predicted octanol–water partition coefficient (Wildman–Crippen LogP) is 7.35. The summed E-state index contributed by atoms with van der Waals surface area (Å²) in [5.74, 6) is 1.33. The molecule has 4 rings (SSSR count). The van der Waals surface area contributed by atoms with Crippen molar-refractivity contribution < 1.29 is 18.7 Å². The summed E-state index contributed by atoms with van der Waals surface area (Å²) in [6.45, 7) is 7.44. The molecule has 0 radical (unpaired) electrons. The maximum absolute atomic E-state index is 11.8. The Labute approximate surface area is 256 Å². The molecular formula is C36H42O4SSi. The second-order valence-electron chi connectivity index (χ2n) is 11.4. The van der Waals surface area contributed by atoms with Gasteiger partial charge in [-0.25, -0.2) is 0 Å². The summed E-state index contributed by atoms with van der Waals surface area (Å²) in [5, 5.41) is 2.64. The molecule has 0 saturated heterocycles. The van der Waals surface area contributed by atoms with Crippen molar-refractivity contribution in [2.24, 2.45) is 0 Å². The number of carbonyl (C=O) groups excluding carboxylic acids is 1. The Morgan fingerprint density at radius 2 is 1.40 bits per heavy atom. The highest BCUT2D eigenvalue weighted by Crippen LogP contribution is 2.38. The fraction of sp³-hybridized carbons (Fsp3) is 0.306. The summed E-state index contributed by atoms with van der Waals surface area (Å²) >= 11 is 1.77. The van der Waals surface area contributed by atoms with Gasteiger partial charge in [0.1, 0.15) is 5.75 Å². The van der Waals surface area contributed by atoms with Gasteiger partial charge in [-0.05, 0) is 50.7 Å². The Balaban J connectivity index is 1.61. The molecule has 4 nitrogen and oxygen atoms in total. The van der Waals surface area contributed by atoms with Crippen molar-refractivity contribution in [1.82, 2.24) is 0 Å². The molecule has 0 amide bonds. The van der Waals surface area contributed by atoms with Gasteiger partial charge in [0.2, 0.25) is 0 Å². The van der Waals surface area contributed by atoms with Crippen LogP contribution in [0.4, 0.5) is 0 Å². The maximum atomic E-state index is 11.8. The Morgan fingerprint density at radius 1 is 0.786 bits per heavy atom. The molecule has 1 unspecified atom stereocenters. The van der Waals surface area contributed by atoms with E-state index >= 15 is 0 Å². The van der Waals surface area contributed by atoms with Gasteiger partial charge in [-0.3, -0.25) is 4.79 Å². The molecule has 0 N–H and O–H groups in total. The predicted molar refractivity (Wildman–Crippen MR) is 177 cm³/mol. The number of carbonyl (C=O) groups is 1. The van der Waals surface area contributed by atoms with Crippen molar-refractivity contribution >= 4 is 36.4 Å². The van der Waals surface area contributed by atoms with Crippen LogP contribution < -0.4 is 15.1 Å². The number of methoxy groups -OCH3 is 2. The first-order chi connectivity index (χ1) is 20.3. The van der Waals surface area contributed by atoms with Crippen LogP contribution >= 0.6 is 11.8 Å². The lowest BCUT2D eigenvalue weighted by Crippen LogP contribution is -2.66. The minimum Gasteiger partial charge on any atom is -0.497 e. The minimum atomic E-state index is -2.64. The zero-order valence-corrected chi connectivity index (χ0v) is 27.2. The number of esters is 1. The highest BCUT2D eigenvalue weighted by molar-refractivity contribution is 7.99. The smallest absolute Gasteiger partial charge is 0.306 e. The van der Waals surface area contributed by atoms with E-state index in [0.717, 1.165) is 17.7 Å². The first-order valence-electron chi connectivity index (χ1n) is 14.4. The normalized spacial score (nSPS) is 12.5. The van der Waals surface area contributed by atoms with Gasteiger partial charge >= 0.3 is 5.97 Å². The average Bonchev–Trinajstić information content (AvgIpc) is 3.01. The fourth-order valence-corrected chi connectivity index (χ4v) is 11.3. The van der Waals surface area contributed by atoms with Gasteiger partial charge in [0, 0.05) is 11.0 Å². The number of rotatable bonds is 13. The van der Waals surface area contributed by atoms with Gasteiger partial charge in [-0.15, -0.1) is 0 Å². The molecule has 0 heterocycles. The van der Waals surface area contributed by atoms with Gasteiger partial charge in [0.25, 0.3) is 8.32 Å². The second-order valence-corrected chi connectivity index (χ2v) is 17.1. The summed E-state index contributed by atoms with van der Waals surface area (Å²) in [6, 6.07) is 38.5. The van der Waals surface area contributed by atoms with Crippen LogP contribution in [0.2, 0.25) is 5.04 Å². The van der Waals surface area contributed by atoms with E-state index < -0.39 is 8.32 Å². The summed E-state index contributed by atoms with van der Waals surface area (Å²) in [7, 11) is 0.487. The van der Waals surface area contributed by atoms with Gasteiger partial charge in [0.15, 0.2) is 0 Å². The molecule has 0 spiro atoms. The molecule has 4 aromatic rings. The highest BCUT2D eigenvalue weighted by Gasteiger charge is 2.50. The lowest BCUT2D eigenvalue weighted by atomic mass is 10.0. The van der Waals surface area contributed by atoms with Crippen molar-refractivity contribution in [2.45, 2.75) is 50.5 Å². The molecule has 0 saturated carbocycles. The average molecular weight is 599 g/mol. The van der Waals surface area contributed by atoms with Crippen LogP contribution in [0.25, 0.3) is 0 Å². The zero-order chi connectivity index (χ0) is 30.0. The monoisotopic (exact) mass is 598 g/mol. The van der Waals surface area contributed by atoms with Crippen LogP contribution in [0, 0.1) is 0 Å². The fourth-order valence-electron chi connectivity index (χ4n) is 5.52. The molecule has 4 aromatic carbocycles. The number of ether oxygens (including phenoxy) is 2. The lowest BCUT2D eigenvalue weighted by molar-refractivity contribution is -0.140. The van der Waals surface area contributed by atoms with E-state index in [0.29, 0.717) is 18.8 Å². The van der Waals surface area contributed by atoms with Gasteiger partial charge in [-0.1, -0.05) is 118 Å². The largest absolute Gasteiger partial charge is 0.497 e. The third-order valence-electron chi connectivity index (χ3n) is 7.60. The van der Waals surface area contributed by atoms with Crippen LogP contribution in [0.1, 0.15) is 49.1 Å². The summed E-state index contributed by atoms with van der Waals surface area (Å²) in [4.78, 5) is 11.8. The first-order valence-corrected chi connectivity index (χ1v) is 17.4. The molecule has 220 valence electrons. The maximum Gasteiger partial charge on any atom is 0.306 e. The summed E-state index contributed by atoms with van der Waals surface area (Å²) in [5.41, 5.74) is 3.57. The number of benzene rings is 4. The topological polar surface area (TPSA) is 44.8 Å². The van der Waals surface area contributed by atoms with Gasteiger partial charge in [0.05, 0.1) is 27.2 Å². The van der Waals surface area contributed by atoms with E-state index in [4.69, 9.17) is 13.9 Å². The Morgan fingerprint density at radius 3 is 2.00 bits per heavy atom. The standard InChI is InChI=1S/C36H42O4SSi/c1-36(2,3)42(32-18-8-6-9-19-32,33-20-10-7-11-21-33)40-27-29-15-12-14-28(24-29)25-34(41-23-22-35(37)39-5)30-16-13-17-31(26-30)38-4/h6-21,24,26,34H,22-23,25,27H2,1-5H3.